The van der Waals surface area contributed by atoms with Crippen molar-refractivity contribution in [2.75, 3.05) is 0 Å². The van der Waals surface area contributed by atoms with Gasteiger partial charge >= 0.3 is 0 Å². The first kappa shape index (κ1) is 46.8. The van der Waals surface area contributed by atoms with Crippen LogP contribution in [-0.4, -0.2) is 23.9 Å². The van der Waals surface area contributed by atoms with Crippen LogP contribution < -0.4 is 0 Å². The van der Waals surface area contributed by atoms with Gasteiger partial charge in [-0.05, 0) is 208 Å². The molecule has 0 saturated heterocycles. The zero-order chi connectivity index (χ0) is 52.7. The first-order valence-corrected chi connectivity index (χ1v) is 26.4. The van der Waals surface area contributed by atoms with Gasteiger partial charge in [-0.15, -0.1) is 0 Å². The minimum Gasteiger partial charge on any atom is -0.307 e. The molecule has 0 radical (unpaired) electrons. The molecule has 13 aromatic rings. The lowest BCUT2D eigenvalue weighted by Crippen LogP contribution is -2.01. The van der Waals surface area contributed by atoms with E-state index in [1.54, 1.807) is 0 Å². The number of nitrogens with zero attached hydrogens (tertiary/aromatic N) is 6. The van der Waals surface area contributed by atoms with Gasteiger partial charge in [0.15, 0.2) is 11.3 Å². The van der Waals surface area contributed by atoms with Gasteiger partial charge in [0.1, 0.15) is 5.82 Å². The second kappa shape index (κ2) is 17.1. The largest absolute Gasteiger partial charge is 0.307 e. The molecule has 76 heavy (non-hydrogen) atoms. The summed E-state index contributed by atoms with van der Waals surface area (Å²) >= 11 is 0. The molecule has 0 unspecified atom stereocenters. The quantitative estimate of drug-likeness (QED) is 0.176. The number of fused-ring (bicyclic) bond motifs is 17. The fourth-order valence-corrected chi connectivity index (χ4v) is 13.5. The molecular weight excluding hydrogens is 925 g/mol. The van der Waals surface area contributed by atoms with Gasteiger partial charge in [-0.3, -0.25) is 0 Å². The van der Waals surface area contributed by atoms with Crippen LogP contribution in [0.5, 0.6) is 0 Å². The lowest BCUT2D eigenvalue weighted by atomic mass is 9.93. The predicted molar refractivity (Wildman–Crippen MR) is 319 cm³/mol. The Morgan fingerprint density at radius 2 is 0.895 bits per heavy atom. The molecule has 8 bridgehead atoms. The molecule has 13 rings (SSSR count). The molecule has 0 aliphatic heterocycles. The maximum absolute atomic E-state index is 11.6. The molecule has 0 atom stereocenters. The second-order valence-corrected chi connectivity index (χ2v) is 21.9. The van der Waals surface area contributed by atoms with Gasteiger partial charge in [-0.25, -0.2) is 15.0 Å². The highest BCUT2D eigenvalue weighted by Crippen LogP contribution is 2.43. The van der Waals surface area contributed by atoms with Gasteiger partial charge < -0.3 is 8.97 Å². The van der Waals surface area contributed by atoms with E-state index < -0.39 is 0 Å². The average molecular weight is 983 g/mol. The van der Waals surface area contributed by atoms with Crippen LogP contribution in [-0.2, 0) is 0 Å². The fraction of sp³-hybridized carbons (Fsp3) is 0.171. The lowest BCUT2D eigenvalue weighted by molar-refractivity contribution is 1.07. The summed E-state index contributed by atoms with van der Waals surface area (Å²) in [6.07, 6.45) is 0. The molecule has 4 heterocycles. The number of rotatable bonds is 4. The average Bonchev–Trinajstić information content (AvgIpc) is 3.99. The minimum atomic E-state index is 0.463. The van der Waals surface area contributed by atoms with Crippen LogP contribution >= 0.6 is 0 Å². The van der Waals surface area contributed by atoms with Crippen molar-refractivity contribution in [2.24, 2.45) is 0 Å². The highest BCUT2D eigenvalue weighted by molar-refractivity contribution is 6.15. The number of hydrogen-bond donors (Lipinski definition) is 0. The summed E-state index contributed by atoms with van der Waals surface area (Å²) in [5.41, 5.74) is 27.9. The number of aromatic nitrogens is 5. The van der Waals surface area contributed by atoms with E-state index in [0.29, 0.717) is 28.1 Å². The van der Waals surface area contributed by atoms with Crippen LogP contribution in [0, 0.1) is 94.4 Å². The second-order valence-electron chi connectivity index (χ2n) is 21.9. The van der Waals surface area contributed by atoms with E-state index in [1.165, 1.54) is 66.8 Å². The molecule has 0 amide bonds. The lowest BCUT2D eigenvalue weighted by Gasteiger charge is -2.16. The maximum atomic E-state index is 11.6. The van der Waals surface area contributed by atoms with Gasteiger partial charge in [0.05, 0.1) is 44.9 Å². The summed E-state index contributed by atoms with van der Waals surface area (Å²) in [4.78, 5) is 15.5. The Kier molecular flexibility index (Phi) is 10.5. The van der Waals surface area contributed by atoms with Crippen molar-refractivity contribution in [1.82, 2.24) is 23.9 Å². The summed E-state index contributed by atoms with van der Waals surface area (Å²) in [5, 5.41) is 20.0. The molecule has 0 aliphatic rings. The summed E-state index contributed by atoms with van der Waals surface area (Å²) in [6.45, 7) is 26.1. The van der Waals surface area contributed by atoms with E-state index in [1.807, 2.05) is 6.92 Å². The van der Waals surface area contributed by atoms with Crippen molar-refractivity contribution in [3.63, 3.8) is 0 Å². The topological polar surface area (TPSA) is 71.8 Å². The molecule has 0 saturated carbocycles. The highest BCUT2D eigenvalue weighted by Gasteiger charge is 2.23. The summed E-state index contributed by atoms with van der Waals surface area (Å²) < 4.78 is 4.90. The number of benzene rings is 9. The van der Waals surface area contributed by atoms with Crippen molar-refractivity contribution in [1.29, 1.82) is 5.26 Å². The van der Waals surface area contributed by atoms with Gasteiger partial charge in [0.25, 0.3) is 0 Å². The van der Waals surface area contributed by atoms with Crippen LogP contribution in [0.15, 0.2) is 133 Å². The van der Waals surface area contributed by atoms with Crippen LogP contribution in [0.3, 0.4) is 0 Å². The van der Waals surface area contributed by atoms with Crippen LogP contribution in [0.2, 0.25) is 0 Å². The number of hydrogen-bond acceptors (Lipinski definition) is 4. The molecule has 0 aliphatic carbocycles. The molecule has 9 aromatic carbocycles. The van der Waals surface area contributed by atoms with E-state index in [2.05, 4.69) is 225 Å². The Bertz CT molecular complexity index is 4800. The first-order chi connectivity index (χ1) is 36.5. The SMILES string of the molecule is Cc1ccc(-c2ccc3c4ccc(-c5c(C)cc(C)cc5C)cc4n(-c4cc(C#N)c5cc4n4c6cc(-c7c(C)cc(C)cc7C)ccc6c6ccc(cc64)c4c(C)cc(C)c(c4C)c4nc(C)nc5n4)c3c2)c(C)c1. The van der Waals surface area contributed by atoms with Crippen LogP contribution in [0.4, 0.5) is 0 Å². The van der Waals surface area contributed by atoms with E-state index in [-0.39, 0.29) is 0 Å². The zero-order valence-corrected chi connectivity index (χ0v) is 45.4. The molecule has 6 nitrogen and oxygen atoms in total. The van der Waals surface area contributed by atoms with E-state index in [4.69, 9.17) is 15.0 Å². The van der Waals surface area contributed by atoms with E-state index in [0.717, 1.165) is 98.8 Å². The van der Waals surface area contributed by atoms with Crippen molar-refractivity contribution in [3.05, 3.63) is 206 Å². The van der Waals surface area contributed by atoms with Gasteiger partial charge in [0.2, 0.25) is 0 Å². The highest BCUT2D eigenvalue weighted by atomic mass is 15.0. The molecule has 0 fully saturated rings. The minimum absolute atomic E-state index is 0.463. The zero-order valence-electron chi connectivity index (χ0n) is 45.4. The Hall–Kier alpha value is -8.92. The predicted octanol–water partition coefficient (Wildman–Crippen LogP) is 18.1. The molecular formula is C70H58N6. The summed E-state index contributed by atoms with van der Waals surface area (Å²) in [7, 11) is 0. The Morgan fingerprint density at radius 3 is 1.50 bits per heavy atom. The Labute approximate surface area is 443 Å². The van der Waals surface area contributed by atoms with Gasteiger partial charge in [0, 0.05) is 32.3 Å². The van der Waals surface area contributed by atoms with Crippen molar-refractivity contribution in [2.45, 2.75) is 83.1 Å². The Balaban J connectivity index is 1.31. The smallest absolute Gasteiger partial charge is 0.165 e. The third-order valence-corrected chi connectivity index (χ3v) is 16.3. The fourth-order valence-electron chi connectivity index (χ4n) is 13.5. The van der Waals surface area contributed by atoms with Gasteiger partial charge in [-0.1, -0.05) is 114 Å². The molecule has 0 spiro atoms. The summed E-state index contributed by atoms with van der Waals surface area (Å²) in [5.74, 6) is 0.587. The van der Waals surface area contributed by atoms with Gasteiger partial charge in [-0.2, -0.15) is 5.26 Å². The van der Waals surface area contributed by atoms with Crippen molar-refractivity contribution in [3.8, 4) is 45.1 Å². The molecule has 6 heteroatoms. The molecule has 0 N–H and O–H groups in total. The normalized spacial score (nSPS) is 11.9. The summed E-state index contributed by atoms with van der Waals surface area (Å²) in [6, 6.07) is 52.9. The van der Waals surface area contributed by atoms with Crippen molar-refractivity contribution < 1.29 is 0 Å². The van der Waals surface area contributed by atoms with E-state index >= 15 is 0 Å². The third-order valence-electron chi connectivity index (χ3n) is 16.3. The third kappa shape index (κ3) is 7.09. The maximum Gasteiger partial charge on any atom is 0.165 e. The number of aryl methyl sites for hydroxylation is 12. The van der Waals surface area contributed by atoms with Crippen LogP contribution in [0.1, 0.15) is 72.6 Å². The standard InChI is InChI=1S/C70H58N6/c1-36-13-18-53(39(4)23-36)48-14-19-54-55-20-15-49(65-40(5)24-37(2)25-41(65)6)30-60(55)75(59(54)29-48)63-33-52(35-71)58-34-64(63)76-61-31-50(66-42(7)26-38(3)27-43(66)8)16-21-56(61)57-22-17-51(32-62(57)76)67-44(9)28-45(10)68(46(67)11)70-73-47(12)72-69(58)74-70/h13-34H,1-12H3. The molecule has 368 valence electrons. The monoisotopic (exact) mass is 982 g/mol. The van der Waals surface area contributed by atoms with Crippen molar-refractivity contribution >= 4 is 82.0 Å². The Morgan fingerprint density at radius 1 is 0.382 bits per heavy atom. The number of nitriles is 1. The first-order valence-electron chi connectivity index (χ1n) is 26.4. The van der Waals surface area contributed by atoms with E-state index in [9.17, 15) is 5.26 Å². The molecule has 4 aromatic heterocycles. The van der Waals surface area contributed by atoms with Crippen LogP contribution in [0.25, 0.3) is 121 Å².